The Morgan fingerprint density at radius 1 is 0.458 bits per heavy atom. The van der Waals surface area contributed by atoms with Crippen LogP contribution >= 0.6 is 0 Å². The molecular formula is C53H41N5O. The standard InChI is InChI=1S/C53H41N5O/c1-52(2)28-29-53(3,4)39-31-43-37(30-38(39)52)48-42(27-26-41-47(48)34-20-11-13-23-40(34)57(41)33-18-9-6-10-19-33)58(43)51-55-49(32-16-7-5-8-17-32)54-50(56-51)36-22-15-25-45-46(36)35-21-12-14-24-44(35)59-45/h5-27,30-31H,28-29H2,1-4H3. The number of hydrogen-bond donors (Lipinski definition) is 0. The number of para-hydroxylation sites is 3. The predicted octanol–water partition coefficient (Wildman–Crippen LogP) is 13.6. The summed E-state index contributed by atoms with van der Waals surface area (Å²) >= 11 is 0. The van der Waals surface area contributed by atoms with Crippen LogP contribution in [0.4, 0.5) is 0 Å². The molecule has 1 aliphatic rings. The van der Waals surface area contributed by atoms with E-state index < -0.39 is 0 Å². The van der Waals surface area contributed by atoms with E-state index in [-0.39, 0.29) is 10.8 Å². The van der Waals surface area contributed by atoms with Gasteiger partial charge in [-0.2, -0.15) is 9.97 Å². The Labute approximate surface area is 341 Å². The van der Waals surface area contributed by atoms with Crippen LogP contribution in [-0.4, -0.2) is 24.1 Å². The summed E-state index contributed by atoms with van der Waals surface area (Å²) in [6.45, 7) is 9.62. The topological polar surface area (TPSA) is 61.7 Å². The number of furan rings is 1. The van der Waals surface area contributed by atoms with Gasteiger partial charge in [-0.15, -0.1) is 0 Å². The van der Waals surface area contributed by atoms with Crippen LogP contribution in [0.3, 0.4) is 0 Å². The van der Waals surface area contributed by atoms with E-state index in [1.807, 2.05) is 42.5 Å². The van der Waals surface area contributed by atoms with E-state index in [9.17, 15) is 0 Å². The van der Waals surface area contributed by atoms with Gasteiger partial charge in [0.2, 0.25) is 5.95 Å². The first-order valence-corrected chi connectivity index (χ1v) is 20.6. The maximum absolute atomic E-state index is 6.37. The van der Waals surface area contributed by atoms with Crippen molar-refractivity contribution in [1.29, 1.82) is 0 Å². The summed E-state index contributed by atoms with van der Waals surface area (Å²) in [6.07, 6.45) is 2.25. The number of rotatable bonds is 4. The Balaban J connectivity index is 1.25. The molecule has 0 unspecified atom stereocenters. The van der Waals surface area contributed by atoms with Crippen molar-refractivity contribution in [2.24, 2.45) is 0 Å². The highest BCUT2D eigenvalue weighted by molar-refractivity contribution is 6.29. The average molecular weight is 764 g/mol. The fourth-order valence-electron chi connectivity index (χ4n) is 9.96. The van der Waals surface area contributed by atoms with Gasteiger partial charge in [-0.3, -0.25) is 4.57 Å². The molecule has 0 saturated heterocycles. The minimum absolute atomic E-state index is 0.00354. The number of aromatic nitrogens is 5. The summed E-state index contributed by atoms with van der Waals surface area (Å²) in [6, 6.07) is 53.7. The van der Waals surface area contributed by atoms with Gasteiger partial charge in [0.15, 0.2) is 11.6 Å². The molecule has 0 bridgehead atoms. The molecule has 0 atom stereocenters. The summed E-state index contributed by atoms with van der Waals surface area (Å²) in [5, 5.41) is 6.88. The normalized spacial score (nSPS) is 14.9. The van der Waals surface area contributed by atoms with E-state index >= 15 is 0 Å². The van der Waals surface area contributed by atoms with E-state index in [1.165, 1.54) is 43.7 Å². The zero-order valence-corrected chi connectivity index (χ0v) is 33.5. The van der Waals surface area contributed by atoms with Crippen LogP contribution in [0.1, 0.15) is 51.7 Å². The molecule has 4 aromatic heterocycles. The van der Waals surface area contributed by atoms with Gasteiger partial charge >= 0.3 is 0 Å². The number of fused-ring (bicyclic) bond motifs is 11. The molecule has 284 valence electrons. The van der Waals surface area contributed by atoms with Crippen molar-refractivity contribution in [3.8, 4) is 34.4 Å². The average Bonchev–Trinajstić information content (AvgIpc) is 3.93. The van der Waals surface area contributed by atoms with Gasteiger partial charge in [0.05, 0.1) is 22.1 Å². The van der Waals surface area contributed by atoms with Crippen LogP contribution in [-0.2, 0) is 10.8 Å². The van der Waals surface area contributed by atoms with Crippen molar-refractivity contribution in [3.63, 3.8) is 0 Å². The van der Waals surface area contributed by atoms with E-state index in [0.717, 1.165) is 62.6 Å². The number of benzene rings is 7. The second kappa shape index (κ2) is 12.2. The quantitative estimate of drug-likeness (QED) is 0.179. The number of nitrogens with zero attached hydrogens (tertiary/aromatic N) is 5. The largest absolute Gasteiger partial charge is 0.456 e. The highest BCUT2D eigenvalue weighted by Crippen LogP contribution is 2.50. The van der Waals surface area contributed by atoms with Crippen LogP contribution in [0.2, 0.25) is 0 Å². The smallest absolute Gasteiger partial charge is 0.238 e. The summed E-state index contributed by atoms with van der Waals surface area (Å²) in [5.74, 6) is 1.80. The molecule has 0 amide bonds. The summed E-state index contributed by atoms with van der Waals surface area (Å²) in [4.78, 5) is 16.1. The zero-order chi connectivity index (χ0) is 39.6. The summed E-state index contributed by atoms with van der Waals surface area (Å²) < 4.78 is 11.1. The van der Waals surface area contributed by atoms with Crippen molar-refractivity contribution < 1.29 is 4.42 Å². The third-order valence-electron chi connectivity index (χ3n) is 13.1. The molecule has 12 rings (SSSR count). The Hall–Kier alpha value is -7.05. The lowest BCUT2D eigenvalue weighted by molar-refractivity contribution is 0.332. The second-order valence-electron chi connectivity index (χ2n) is 17.5. The van der Waals surface area contributed by atoms with Crippen LogP contribution in [0.5, 0.6) is 0 Å². The molecule has 6 nitrogen and oxygen atoms in total. The minimum atomic E-state index is -0.00354. The highest BCUT2D eigenvalue weighted by atomic mass is 16.3. The molecule has 1 aliphatic carbocycles. The van der Waals surface area contributed by atoms with Gasteiger partial charge in [0.1, 0.15) is 11.2 Å². The first-order valence-electron chi connectivity index (χ1n) is 20.6. The van der Waals surface area contributed by atoms with Gasteiger partial charge in [0, 0.05) is 49.1 Å². The maximum Gasteiger partial charge on any atom is 0.238 e. The van der Waals surface area contributed by atoms with Gasteiger partial charge in [-0.25, -0.2) is 4.98 Å². The first-order chi connectivity index (χ1) is 28.7. The van der Waals surface area contributed by atoms with Crippen molar-refractivity contribution in [2.45, 2.75) is 51.4 Å². The summed E-state index contributed by atoms with van der Waals surface area (Å²) in [5.41, 5.74) is 11.9. The molecule has 0 spiro atoms. The first kappa shape index (κ1) is 34.0. The molecule has 59 heavy (non-hydrogen) atoms. The molecule has 0 saturated carbocycles. The molecule has 6 heteroatoms. The Kier molecular flexibility index (Phi) is 7.05. The molecule has 0 N–H and O–H groups in total. The molecule has 0 radical (unpaired) electrons. The van der Waals surface area contributed by atoms with Crippen molar-refractivity contribution >= 4 is 65.6 Å². The maximum atomic E-state index is 6.37. The van der Waals surface area contributed by atoms with Crippen molar-refractivity contribution in [2.75, 3.05) is 0 Å². The summed E-state index contributed by atoms with van der Waals surface area (Å²) in [7, 11) is 0. The molecule has 11 aromatic rings. The highest BCUT2D eigenvalue weighted by Gasteiger charge is 2.38. The van der Waals surface area contributed by atoms with E-state index in [1.54, 1.807) is 0 Å². The van der Waals surface area contributed by atoms with E-state index in [4.69, 9.17) is 19.4 Å². The Bertz CT molecular complexity index is 3500. The van der Waals surface area contributed by atoms with Crippen molar-refractivity contribution in [3.05, 3.63) is 163 Å². The lowest BCUT2D eigenvalue weighted by atomic mass is 9.63. The lowest BCUT2D eigenvalue weighted by Gasteiger charge is -2.42. The molecule has 7 aromatic carbocycles. The molecule has 0 aliphatic heterocycles. The fourth-order valence-corrected chi connectivity index (χ4v) is 9.96. The van der Waals surface area contributed by atoms with Crippen LogP contribution in [0.15, 0.2) is 156 Å². The third-order valence-corrected chi connectivity index (χ3v) is 13.1. The lowest BCUT2D eigenvalue weighted by Crippen LogP contribution is -2.33. The Morgan fingerprint density at radius 2 is 1.07 bits per heavy atom. The van der Waals surface area contributed by atoms with Crippen LogP contribution in [0.25, 0.3) is 100.0 Å². The fraction of sp³-hybridized carbons (Fsp3) is 0.151. The minimum Gasteiger partial charge on any atom is -0.456 e. The molecule has 0 fully saturated rings. The zero-order valence-electron chi connectivity index (χ0n) is 33.5. The van der Waals surface area contributed by atoms with E-state index in [0.29, 0.717) is 17.6 Å². The van der Waals surface area contributed by atoms with E-state index in [2.05, 4.69) is 146 Å². The number of hydrogen-bond acceptors (Lipinski definition) is 4. The predicted molar refractivity (Wildman–Crippen MR) is 242 cm³/mol. The van der Waals surface area contributed by atoms with Crippen molar-refractivity contribution in [1.82, 2.24) is 24.1 Å². The monoisotopic (exact) mass is 763 g/mol. The SMILES string of the molecule is CC1(C)CCC(C)(C)c2cc3c(cc21)c1c2c4ccccc4n(-c4ccccc4)c2ccc1n3-c1nc(-c2ccccc2)nc(-c2cccc3oc4ccccc4c23)n1. The van der Waals surface area contributed by atoms with Crippen LogP contribution < -0.4 is 0 Å². The van der Waals surface area contributed by atoms with Gasteiger partial charge in [-0.05, 0) is 89.4 Å². The Morgan fingerprint density at radius 3 is 1.85 bits per heavy atom. The van der Waals surface area contributed by atoms with Gasteiger partial charge in [0.25, 0.3) is 0 Å². The second-order valence-corrected chi connectivity index (χ2v) is 17.5. The molecule has 4 heterocycles. The van der Waals surface area contributed by atoms with Gasteiger partial charge in [-0.1, -0.05) is 125 Å². The van der Waals surface area contributed by atoms with Crippen LogP contribution in [0, 0.1) is 0 Å². The molecular weight excluding hydrogens is 723 g/mol. The third kappa shape index (κ3) is 4.96. The van der Waals surface area contributed by atoms with Gasteiger partial charge < -0.3 is 8.98 Å².